The van der Waals surface area contributed by atoms with Gasteiger partial charge in [0, 0.05) is 17.6 Å². The lowest BCUT2D eigenvalue weighted by Crippen LogP contribution is -2.13. The molecule has 0 aliphatic heterocycles. The summed E-state index contributed by atoms with van der Waals surface area (Å²) in [5.41, 5.74) is 2.57. The Kier molecular flexibility index (Phi) is 6.46. The van der Waals surface area contributed by atoms with Crippen molar-refractivity contribution >= 4 is 23.0 Å². The van der Waals surface area contributed by atoms with Crippen LogP contribution in [0, 0.1) is 0 Å². The van der Waals surface area contributed by atoms with Crippen molar-refractivity contribution in [2.75, 3.05) is 23.8 Å². The number of benzene rings is 2. The number of anilines is 3. The molecule has 0 aliphatic rings. The number of carbonyl (C=O) groups is 1. The Bertz CT molecular complexity index is 926. The number of nitrogens with zero attached hydrogens (tertiary/aromatic N) is 1. The highest BCUT2D eigenvalue weighted by atomic mass is 16.5. The Morgan fingerprint density at radius 3 is 2.43 bits per heavy atom. The molecule has 1 aromatic heterocycles. The van der Waals surface area contributed by atoms with Crippen molar-refractivity contribution in [2.45, 2.75) is 13.8 Å². The highest BCUT2D eigenvalue weighted by molar-refractivity contribution is 6.03. The number of ether oxygens (including phenoxy) is 2. The third-order valence-electron chi connectivity index (χ3n) is 3.88. The first-order valence-electron chi connectivity index (χ1n) is 9.18. The van der Waals surface area contributed by atoms with Crippen LogP contribution in [0.4, 0.5) is 17.1 Å². The summed E-state index contributed by atoms with van der Waals surface area (Å²) in [6.45, 7) is 5.04. The van der Waals surface area contributed by atoms with E-state index >= 15 is 0 Å². The molecule has 0 spiro atoms. The molecule has 0 bridgehead atoms. The maximum atomic E-state index is 12.5. The van der Waals surface area contributed by atoms with Crippen molar-refractivity contribution in [3.63, 3.8) is 0 Å². The molecule has 144 valence electrons. The summed E-state index contributed by atoms with van der Waals surface area (Å²) in [5.74, 6) is 1.23. The molecule has 0 unspecified atom stereocenters. The van der Waals surface area contributed by atoms with E-state index in [4.69, 9.17) is 9.47 Å². The number of aromatic nitrogens is 1. The van der Waals surface area contributed by atoms with E-state index in [0.717, 1.165) is 22.9 Å². The van der Waals surface area contributed by atoms with Gasteiger partial charge in [0.25, 0.3) is 5.91 Å². The molecule has 2 N–H and O–H groups in total. The minimum atomic E-state index is -0.286. The Hall–Kier alpha value is -3.54. The summed E-state index contributed by atoms with van der Waals surface area (Å²) < 4.78 is 11.0. The van der Waals surface area contributed by atoms with Crippen LogP contribution < -0.4 is 20.1 Å². The first-order valence-corrected chi connectivity index (χ1v) is 9.18. The van der Waals surface area contributed by atoms with Crippen LogP contribution in [0.2, 0.25) is 0 Å². The fourth-order valence-corrected chi connectivity index (χ4v) is 2.64. The fourth-order valence-electron chi connectivity index (χ4n) is 2.64. The summed E-state index contributed by atoms with van der Waals surface area (Å²) >= 11 is 0. The lowest BCUT2D eigenvalue weighted by Gasteiger charge is -2.13. The molecule has 3 aromatic rings. The topological polar surface area (TPSA) is 72.5 Å². The zero-order valence-corrected chi connectivity index (χ0v) is 15.9. The summed E-state index contributed by atoms with van der Waals surface area (Å²) in [4.78, 5) is 16.7. The quantitative estimate of drug-likeness (QED) is 0.586. The Labute approximate surface area is 164 Å². The van der Waals surface area contributed by atoms with Gasteiger partial charge in [-0.15, -0.1) is 0 Å². The molecule has 6 nitrogen and oxygen atoms in total. The number of amides is 1. The zero-order chi connectivity index (χ0) is 19.8. The molecule has 6 heteroatoms. The number of carbonyl (C=O) groups excluding carboxylic acids is 1. The van der Waals surface area contributed by atoms with Crippen molar-refractivity contribution in [1.82, 2.24) is 4.98 Å². The van der Waals surface area contributed by atoms with Gasteiger partial charge in [-0.1, -0.05) is 12.1 Å². The molecular formula is C22H23N3O3. The number of hydrogen-bond donors (Lipinski definition) is 2. The minimum Gasteiger partial charge on any atom is -0.494 e. The standard InChI is InChI=1S/C22H23N3O3/c1-3-27-18-11-9-16(10-12-18)25-22(26)20-15-17(13-14-23-20)24-19-7-5-6-8-21(19)28-4-2/h5-15H,3-4H2,1-2H3,(H,23,24)(H,25,26). The highest BCUT2D eigenvalue weighted by Gasteiger charge is 2.10. The molecule has 0 fully saturated rings. The van der Waals surface area contributed by atoms with Crippen LogP contribution in [-0.2, 0) is 0 Å². The third kappa shape index (κ3) is 5.01. The number of pyridine rings is 1. The van der Waals surface area contributed by atoms with Crippen LogP contribution in [-0.4, -0.2) is 24.1 Å². The van der Waals surface area contributed by atoms with E-state index in [1.807, 2.05) is 50.2 Å². The van der Waals surface area contributed by atoms with Crippen LogP contribution in [0.25, 0.3) is 0 Å². The van der Waals surface area contributed by atoms with Crippen molar-refractivity contribution in [2.24, 2.45) is 0 Å². The number of para-hydroxylation sites is 2. The van der Waals surface area contributed by atoms with E-state index in [9.17, 15) is 4.79 Å². The van der Waals surface area contributed by atoms with Gasteiger partial charge in [-0.05, 0) is 62.4 Å². The van der Waals surface area contributed by atoms with Crippen LogP contribution in [0.15, 0.2) is 66.9 Å². The molecule has 0 saturated carbocycles. The second kappa shape index (κ2) is 9.41. The van der Waals surface area contributed by atoms with Crippen LogP contribution in [0.3, 0.4) is 0 Å². The average molecular weight is 377 g/mol. The summed E-state index contributed by atoms with van der Waals surface area (Å²) in [5, 5.41) is 6.12. The van der Waals surface area contributed by atoms with Crippen molar-refractivity contribution in [3.05, 3.63) is 72.6 Å². The maximum Gasteiger partial charge on any atom is 0.274 e. The monoisotopic (exact) mass is 377 g/mol. The van der Waals surface area contributed by atoms with Gasteiger partial charge in [0.2, 0.25) is 0 Å². The predicted molar refractivity (Wildman–Crippen MR) is 111 cm³/mol. The number of nitrogens with one attached hydrogen (secondary N) is 2. The Morgan fingerprint density at radius 1 is 0.929 bits per heavy atom. The van der Waals surface area contributed by atoms with Gasteiger partial charge in [-0.3, -0.25) is 9.78 Å². The van der Waals surface area contributed by atoms with Gasteiger partial charge in [0.15, 0.2) is 0 Å². The Morgan fingerprint density at radius 2 is 1.68 bits per heavy atom. The van der Waals surface area contributed by atoms with Crippen molar-refractivity contribution < 1.29 is 14.3 Å². The van der Waals surface area contributed by atoms with Crippen LogP contribution in [0.1, 0.15) is 24.3 Å². The maximum absolute atomic E-state index is 12.5. The normalized spacial score (nSPS) is 10.2. The minimum absolute atomic E-state index is 0.286. The zero-order valence-electron chi connectivity index (χ0n) is 15.9. The van der Waals surface area contributed by atoms with E-state index < -0.39 is 0 Å². The molecular weight excluding hydrogens is 354 g/mol. The van der Waals surface area contributed by atoms with E-state index in [-0.39, 0.29) is 5.91 Å². The molecule has 0 saturated heterocycles. The molecule has 0 radical (unpaired) electrons. The molecule has 3 rings (SSSR count). The molecule has 28 heavy (non-hydrogen) atoms. The highest BCUT2D eigenvalue weighted by Crippen LogP contribution is 2.27. The van der Waals surface area contributed by atoms with Crippen LogP contribution >= 0.6 is 0 Å². The molecule has 0 aliphatic carbocycles. The molecule has 1 amide bonds. The lowest BCUT2D eigenvalue weighted by atomic mass is 10.2. The van der Waals surface area contributed by atoms with Crippen molar-refractivity contribution in [3.8, 4) is 11.5 Å². The van der Waals surface area contributed by atoms with E-state index in [2.05, 4.69) is 15.6 Å². The van der Waals surface area contributed by atoms with E-state index in [1.54, 1.807) is 30.5 Å². The first kappa shape index (κ1) is 19.2. The SMILES string of the molecule is CCOc1ccc(NC(=O)c2cc(Nc3ccccc3OCC)ccn2)cc1. The van der Waals surface area contributed by atoms with E-state index in [1.165, 1.54) is 0 Å². The average Bonchev–Trinajstić information content (AvgIpc) is 2.71. The second-order valence-electron chi connectivity index (χ2n) is 5.90. The summed E-state index contributed by atoms with van der Waals surface area (Å²) in [6.07, 6.45) is 1.60. The number of hydrogen-bond acceptors (Lipinski definition) is 5. The Balaban J connectivity index is 1.71. The summed E-state index contributed by atoms with van der Waals surface area (Å²) in [6, 6.07) is 18.4. The smallest absolute Gasteiger partial charge is 0.274 e. The third-order valence-corrected chi connectivity index (χ3v) is 3.88. The van der Waals surface area contributed by atoms with E-state index in [0.29, 0.717) is 24.6 Å². The van der Waals surface area contributed by atoms with Gasteiger partial charge >= 0.3 is 0 Å². The van der Waals surface area contributed by atoms with Crippen LogP contribution in [0.5, 0.6) is 11.5 Å². The van der Waals surface area contributed by atoms with Gasteiger partial charge in [-0.25, -0.2) is 0 Å². The molecule has 0 atom stereocenters. The predicted octanol–water partition coefficient (Wildman–Crippen LogP) is 4.87. The van der Waals surface area contributed by atoms with Gasteiger partial charge in [0.1, 0.15) is 17.2 Å². The largest absolute Gasteiger partial charge is 0.494 e. The summed E-state index contributed by atoms with van der Waals surface area (Å²) in [7, 11) is 0. The van der Waals surface area contributed by atoms with Crippen molar-refractivity contribution in [1.29, 1.82) is 0 Å². The molecule has 2 aromatic carbocycles. The van der Waals surface area contributed by atoms with Gasteiger partial charge < -0.3 is 20.1 Å². The molecule has 1 heterocycles. The number of rotatable bonds is 8. The lowest BCUT2D eigenvalue weighted by molar-refractivity contribution is 0.102. The van der Waals surface area contributed by atoms with Gasteiger partial charge in [0.05, 0.1) is 18.9 Å². The first-order chi connectivity index (χ1) is 13.7. The second-order valence-corrected chi connectivity index (χ2v) is 5.90. The fraction of sp³-hybridized carbons (Fsp3) is 0.182. The van der Waals surface area contributed by atoms with Gasteiger partial charge in [-0.2, -0.15) is 0 Å².